The number of hydrogen-bond donors (Lipinski definition) is 1. The van der Waals surface area contributed by atoms with Crippen LogP contribution in [0.2, 0.25) is 0 Å². The van der Waals surface area contributed by atoms with Gasteiger partial charge in [0, 0.05) is 17.8 Å². The lowest BCUT2D eigenvalue weighted by Gasteiger charge is -2.23. The number of nitrogens with zero attached hydrogens (tertiary/aromatic N) is 3. The van der Waals surface area contributed by atoms with Crippen LogP contribution in [0.25, 0.3) is 0 Å². The van der Waals surface area contributed by atoms with Gasteiger partial charge in [-0.1, -0.05) is 55.5 Å². The second-order valence-corrected chi connectivity index (χ2v) is 6.85. The molecule has 3 aromatic rings. The first kappa shape index (κ1) is 19.5. The van der Waals surface area contributed by atoms with Crippen LogP contribution < -0.4 is 10.2 Å². The molecule has 1 unspecified atom stereocenters. The Balaban J connectivity index is 1.95. The first-order valence-electron chi connectivity index (χ1n) is 9.60. The highest BCUT2D eigenvalue weighted by Crippen LogP contribution is 2.20. The van der Waals surface area contributed by atoms with Crippen molar-refractivity contribution < 1.29 is 4.79 Å². The molecule has 3 rings (SSSR count). The summed E-state index contributed by atoms with van der Waals surface area (Å²) >= 11 is 0. The van der Waals surface area contributed by atoms with E-state index in [4.69, 9.17) is 0 Å². The first-order chi connectivity index (χ1) is 13.6. The van der Waals surface area contributed by atoms with E-state index < -0.39 is 0 Å². The van der Waals surface area contributed by atoms with Crippen LogP contribution in [0.4, 0.5) is 11.5 Å². The molecule has 5 heteroatoms. The van der Waals surface area contributed by atoms with E-state index in [0.717, 1.165) is 17.7 Å². The Morgan fingerprint density at radius 3 is 2.32 bits per heavy atom. The van der Waals surface area contributed by atoms with Gasteiger partial charge in [0.15, 0.2) is 0 Å². The molecule has 0 bridgehead atoms. The molecule has 0 radical (unpaired) electrons. The topological polar surface area (TPSA) is 58.1 Å². The number of carbonyl (C=O) groups excluding carboxylic acids is 1. The number of aromatic nitrogens is 2. The minimum absolute atomic E-state index is 0.146. The van der Waals surface area contributed by atoms with E-state index in [2.05, 4.69) is 29.1 Å². The van der Waals surface area contributed by atoms with Crippen LogP contribution >= 0.6 is 0 Å². The molecule has 1 atom stereocenters. The van der Waals surface area contributed by atoms with Crippen molar-refractivity contribution in [2.45, 2.75) is 39.8 Å². The third-order valence-electron chi connectivity index (χ3n) is 4.56. The summed E-state index contributed by atoms with van der Waals surface area (Å²) in [5.41, 5.74) is 2.28. The zero-order chi connectivity index (χ0) is 19.9. The van der Waals surface area contributed by atoms with Gasteiger partial charge in [-0.2, -0.15) is 0 Å². The Hall–Kier alpha value is -3.21. The van der Waals surface area contributed by atoms with Crippen LogP contribution in [0.15, 0.2) is 66.7 Å². The molecule has 0 saturated carbocycles. The van der Waals surface area contributed by atoms with Crippen molar-refractivity contribution in [2.75, 3.05) is 10.2 Å². The van der Waals surface area contributed by atoms with Gasteiger partial charge < -0.3 is 10.2 Å². The van der Waals surface area contributed by atoms with Crippen LogP contribution in [0.5, 0.6) is 0 Å². The third-order valence-corrected chi connectivity index (χ3v) is 4.56. The van der Waals surface area contributed by atoms with Crippen LogP contribution in [-0.2, 0) is 6.54 Å². The summed E-state index contributed by atoms with van der Waals surface area (Å²) in [4.78, 5) is 24.0. The number of carbonyl (C=O) groups is 1. The van der Waals surface area contributed by atoms with Crippen molar-refractivity contribution in [3.8, 4) is 0 Å². The van der Waals surface area contributed by atoms with Crippen LogP contribution in [0, 0.1) is 6.92 Å². The van der Waals surface area contributed by atoms with Gasteiger partial charge in [0.2, 0.25) is 0 Å². The lowest BCUT2D eigenvalue weighted by atomic mass is 10.1. The van der Waals surface area contributed by atoms with Crippen LogP contribution in [-0.4, -0.2) is 21.9 Å². The fraction of sp³-hybridized carbons (Fsp3) is 0.261. The molecule has 5 nitrogen and oxygen atoms in total. The number of rotatable bonds is 7. The van der Waals surface area contributed by atoms with Crippen molar-refractivity contribution in [3.63, 3.8) is 0 Å². The minimum Gasteiger partial charge on any atom is -0.368 e. The standard InChI is InChI=1S/C23H26N4O/c1-4-17(2)24-22-15-21(25-18(3)26-22)23(28)27(20-13-9-6-10-14-20)16-19-11-7-5-8-12-19/h5-15,17H,4,16H2,1-3H3,(H,24,25,26). The van der Waals surface area contributed by atoms with Crippen LogP contribution in [0.3, 0.4) is 0 Å². The summed E-state index contributed by atoms with van der Waals surface area (Å²) in [5, 5.41) is 3.33. The number of benzene rings is 2. The molecule has 1 amide bonds. The monoisotopic (exact) mass is 374 g/mol. The molecule has 0 spiro atoms. The molecule has 144 valence electrons. The summed E-state index contributed by atoms with van der Waals surface area (Å²) in [6.45, 7) is 6.48. The van der Waals surface area contributed by atoms with E-state index in [0.29, 0.717) is 23.9 Å². The fourth-order valence-electron chi connectivity index (χ4n) is 2.90. The van der Waals surface area contributed by atoms with Gasteiger partial charge in [-0.25, -0.2) is 9.97 Å². The van der Waals surface area contributed by atoms with Gasteiger partial charge in [0.05, 0.1) is 6.54 Å². The van der Waals surface area contributed by atoms with E-state index in [-0.39, 0.29) is 11.9 Å². The molecule has 1 N–H and O–H groups in total. The minimum atomic E-state index is -0.146. The Kier molecular flexibility index (Phi) is 6.37. The van der Waals surface area contributed by atoms with Gasteiger partial charge in [0.25, 0.3) is 5.91 Å². The average Bonchev–Trinajstić information content (AvgIpc) is 2.72. The molecule has 2 aromatic carbocycles. The van der Waals surface area contributed by atoms with E-state index in [1.54, 1.807) is 11.0 Å². The predicted octanol–water partition coefficient (Wildman–Crippen LogP) is 4.84. The molecule has 28 heavy (non-hydrogen) atoms. The Labute approximate surface area is 166 Å². The van der Waals surface area contributed by atoms with Gasteiger partial charge in [0.1, 0.15) is 17.3 Å². The second-order valence-electron chi connectivity index (χ2n) is 6.85. The van der Waals surface area contributed by atoms with E-state index in [1.807, 2.05) is 67.6 Å². The predicted molar refractivity (Wildman–Crippen MR) is 114 cm³/mol. The largest absolute Gasteiger partial charge is 0.368 e. The fourth-order valence-corrected chi connectivity index (χ4v) is 2.90. The lowest BCUT2D eigenvalue weighted by Crippen LogP contribution is -2.31. The number of para-hydroxylation sites is 1. The lowest BCUT2D eigenvalue weighted by molar-refractivity contribution is 0.0980. The molecular weight excluding hydrogens is 348 g/mol. The third kappa shape index (κ3) is 4.94. The molecule has 0 aliphatic carbocycles. The summed E-state index contributed by atoms with van der Waals surface area (Å²) < 4.78 is 0. The number of amides is 1. The first-order valence-corrected chi connectivity index (χ1v) is 9.60. The van der Waals surface area contributed by atoms with Crippen molar-refractivity contribution in [1.29, 1.82) is 0 Å². The summed E-state index contributed by atoms with van der Waals surface area (Å²) in [6.07, 6.45) is 0.969. The van der Waals surface area contributed by atoms with Crippen molar-refractivity contribution in [2.24, 2.45) is 0 Å². The van der Waals surface area contributed by atoms with Gasteiger partial charge in [-0.05, 0) is 38.0 Å². The van der Waals surface area contributed by atoms with E-state index in [9.17, 15) is 4.79 Å². The van der Waals surface area contributed by atoms with E-state index in [1.165, 1.54) is 0 Å². The summed E-state index contributed by atoms with van der Waals surface area (Å²) in [6, 6.07) is 21.7. The van der Waals surface area contributed by atoms with Crippen molar-refractivity contribution in [3.05, 3.63) is 83.8 Å². The highest BCUT2D eigenvalue weighted by Gasteiger charge is 2.21. The zero-order valence-corrected chi connectivity index (χ0v) is 16.6. The molecular formula is C23H26N4O. The number of anilines is 2. The van der Waals surface area contributed by atoms with Gasteiger partial charge in [-0.3, -0.25) is 4.79 Å². The summed E-state index contributed by atoms with van der Waals surface area (Å²) in [7, 11) is 0. The molecule has 0 saturated heterocycles. The molecule has 0 aliphatic heterocycles. The molecule has 0 fully saturated rings. The average molecular weight is 374 g/mol. The van der Waals surface area contributed by atoms with E-state index >= 15 is 0 Å². The summed E-state index contributed by atoms with van der Waals surface area (Å²) in [5.74, 6) is 1.11. The zero-order valence-electron chi connectivity index (χ0n) is 16.6. The Bertz CT molecular complexity index is 912. The maximum absolute atomic E-state index is 13.4. The maximum Gasteiger partial charge on any atom is 0.277 e. The van der Waals surface area contributed by atoms with Crippen molar-refractivity contribution in [1.82, 2.24) is 9.97 Å². The molecule has 1 heterocycles. The second kappa shape index (κ2) is 9.13. The normalized spacial score (nSPS) is 11.7. The maximum atomic E-state index is 13.4. The molecule has 0 aliphatic rings. The smallest absolute Gasteiger partial charge is 0.277 e. The SMILES string of the molecule is CCC(C)Nc1cc(C(=O)N(Cc2ccccc2)c2ccccc2)nc(C)n1. The van der Waals surface area contributed by atoms with Gasteiger partial charge in [-0.15, -0.1) is 0 Å². The van der Waals surface area contributed by atoms with Gasteiger partial charge >= 0.3 is 0 Å². The quantitative estimate of drug-likeness (QED) is 0.643. The number of aryl methyl sites for hydroxylation is 1. The highest BCUT2D eigenvalue weighted by atomic mass is 16.2. The van der Waals surface area contributed by atoms with Crippen molar-refractivity contribution >= 4 is 17.4 Å². The highest BCUT2D eigenvalue weighted by molar-refractivity contribution is 6.05. The molecule has 1 aromatic heterocycles. The Morgan fingerprint density at radius 1 is 1.04 bits per heavy atom. The van der Waals surface area contributed by atoms with Crippen LogP contribution in [0.1, 0.15) is 42.1 Å². The number of nitrogens with one attached hydrogen (secondary N) is 1. The number of hydrogen-bond acceptors (Lipinski definition) is 4. The Morgan fingerprint density at radius 2 is 1.68 bits per heavy atom.